The maximum absolute atomic E-state index is 5.91. The average Bonchev–Trinajstić information content (AvgIpc) is 2.64. The molecule has 3 aromatic rings. The molecule has 0 saturated carbocycles. The number of halogens is 2. The number of benzene rings is 3. The molecule has 0 saturated heterocycles. The van der Waals surface area contributed by atoms with Crippen molar-refractivity contribution in [2.45, 2.75) is 13.2 Å². The quantitative estimate of drug-likeness (QED) is 0.489. The van der Waals surface area contributed by atoms with Crippen molar-refractivity contribution in [3.05, 3.63) is 69.2 Å². The highest BCUT2D eigenvalue weighted by Crippen LogP contribution is 2.44. The maximum atomic E-state index is 5.91. The molecule has 0 aliphatic rings. The number of ether oxygens (including phenoxy) is 3. The number of hydrogen-bond acceptors (Lipinski definition) is 3. The van der Waals surface area contributed by atoms with Crippen LogP contribution in [0.5, 0.6) is 11.5 Å². The lowest BCUT2D eigenvalue weighted by atomic mass is 10.0. The standard InChI is InChI=1S/C20H18BrClO3/c1-23-19-15-5-3-4-6-16(15)20(24-2)18(21)17(19)12-25-11-13-7-9-14(22)10-8-13/h3-10H,11-12H2,1-2H3. The van der Waals surface area contributed by atoms with Gasteiger partial charge in [0, 0.05) is 21.4 Å². The highest BCUT2D eigenvalue weighted by Gasteiger charge is 2.19. The molecule has 5 heteroatoms. The van der Waals surface area contributed by atoms with Gasteiger partial charge >= 0.3 is 0 Å². The van der Waals surface area contributed by atoms with Crippen molar-refractivity contribution in [3.63, 3.8) is 0 Å². The molecule has 0 aromatic heterocycles. The van der Waals surface area contributed by atoms with E-state index in [-0.39, 0.29) is 0 Å². The van der Waals surface area contributed by atoms with Gasteiger partial charge < -0.3 is 14.2 Å². The summed E-state index contributed by atoms with van der Waals surface area (Å²) >= 11 is 9.56. The molecule has 0 fully saturated rings. The van der Waals surface area contributed by atoms with E-state index in [9.17, 15) is 0 Å². The number of rotatable bonds is 6. The summed E-state index contributed by atoms with van der Waals surface area (Å²) in [5.41, 5.74) is 1.99. The SMILES string of the molecule is COc1c(Br)c(COCc2ccc(Cl)cc2)c(OC)c2ccccc12. The van der Waals surface area contributed by atoms with Gasteiger partial charge in [0.25, 0.3) is 0 Å². The largest absolute Gasteiger partial charge is 0.496 e. The van der Waals surface area contributed by atoms with E-state index in [1.807, 2.05) is 48.5 Å². The summed E-state index contributed by atoms with van der Waals surface area (Å²) < 4.78 is 18.0. The summed E-state index contributed by atoms with van der Waals surface area (Å²) in [4.78, 5) is 0. The Labute approximate surface area is 160 Å². The normalized spacial score (nSPS) is 10.9. The van der Waals surface area contributed by atoms with Crippen molar-refractivity contribution in [2.75, 3.05) is 14.2 Å². The van der Waals surface area contributed by atoms with E-state index in [0.29, 0.717) is 18.2 Å². The van der Waals surface area contributed by atoms with E-state index >= 15 is 0 Å². The van der Waals surface area contributed by atoms with Crippen LogP contribution in [-0.4, -0.2) is 14.2 Å². The average molecular weight is 422 g/mol. The Balaban J connectivity index is 1.92. The molecule has 0 bridgehead atoms. The lowest BCUT2D eigenvalue weighted by Gasteiger charge is -2.18. The molecule has 0 unspecified atom stereocenters. The van der Waals surface area contributed by atoms with Crippen LogP contribution in [0.2, 0.25) is 5.02 Å². The Morgan fingerprint density at radius 1 is 0.840 bits per heavy atom. The summed E-state index contributed by atoms with van der Waals surface area (Å²) in [6.07, 6.45) is 0. The predicted molar refractivity (Wildman–Crippen MR) is 105 cm³/mol. The van der Waals surface area contributed by atoms with Gasteiger partial charge in [-0.2, -0.15) is 0 Å². The Kier molecular flexibility index (Phi) is 5.84. The topological polar surface area (TPSA) is 27.7 Å². The number of methoxy groups -OCH3 is 2. The second-order valence-corrected chi connectivity index (χ2v) is 6.75. The Bertz CT molecular complexity index is 878. The van der Waals surface area contributed by atoms with E-state index in [1.54, 1.807) is 14.2 Å². The first kappa shape index (κ1) is 18.1. The number of fused-ring (bicyclic) bond motifs is 1. The molecule has 0 spiro atoms. The van der Waals surface area contributed by atoms with Crippen LogP contribution in [0.25, 0.3) is 10.8 Å². The fourth-order valence-electron chi connectivity index (χ4n) is 2.81. The van der Waals surface area contributed by atoms with Crippen LogP contribution in [0.15, 0.2) is 53.0 Å². The number of hydrogen-bond donors (Lipinski definition) is 0. The minimum absolute atomic E-state index is 0.396. The van der Waals surface area contributed by atoms with Crippen molar-refractivity contribution in [3.8, 4) is 11.5 Å². The first-order chi connectivity index (χ1) is 12.2. The van der Waals surface area contributed by atoms with Gasteiger partial charge in [0.05, 0.1) is 31.9 Å². The van der Waals surface area contributed by atoms with Crippen LogP contribution in [0.4, 0.5) is 0 Å². The van der Waals surface area contributed by atoms with Gasteiger partial charge in [-0.3, -0.25) is 0 Å². The van der Waals surface area contributed by atoms with Crippen molar-refractivity contribution >= 4 is 38.3 Å². The summed E-state index contributed by atoms with van der Waals surface area (Å²) in [6, 6.07) is 15.6. The fraction of sp³-hybridized carbons (Fsp3) is 0.200. The monoisotopic (exact) mass is 420 g/mol. The smallest absolute Gasteiger partial charge is 0.141 e. The second-order valence-electron chi connectivity index (χ2n) is 5.52. The molecular formula is C20H18BrClO3. The van der Waals surface area contributed by atoms with Crippen molar-refractivity contribution < 1.29 is 14.2 Å². The fourth-order valence-corrected chi connectivity index (χ4v) is 3.61. The Hall–Kier alpha value is -1.75. The van der Waals surface area contributed by atoms with Gasteiger partial charge in [-0.1, -0.05) is 48.0 Å². The molecular weight excluding hydrogens is 404 g/mol. The molecule has 3 aromatic carbocycles. The van der Waals surface area contributed by atoms with Crippen LogP contribution in [0.1, 0.15) is 11.1 Å². The Morgan fingerprint density at radius 3 is 2.04 bits per heavy atom. The zero-order valence-corrected chi connectivity index (χ0v) is 16.4. The summed E-state index contributed by atoms with van der Waals surface area (Å²) in [6.45, 7) is 0.884. The van der Waals surface area contributed by atoms with Gasteiger partial charge in [-0.25, -0.2) is 0 Å². The van der Waals surface area contributed by atoms with Crippen molar-refractivity contribution in [1.29, 1.82) is 0 Å². The predicted octanol–water partition coefficient (Wildman–Crippen LogP) is 5.99. The van der Waals surface area contributed by atoms with Gasteiger partial charge in [-0.15, -0.1) is 0 Å². The minimum atomic E-state index is 0.396. The van der Waals surface area contributed by atoms with Crippen LogP contribution < -0.4 is 9.47 Å². The van der Waals surface area contributed by atoms with Crippen molar-refractivity contribution in [2.24, 2.45) is 0 Å². The molecule has 0 radical (unpaired) electrons. The van der Waals surface area contributed by atoms with E-state index < -0.39 is 0 Å². The van der Waals surface area contributed by atoms with Gasteiger partial charge in [0.1, 0.15) is 11.5 Å². The van der Waals surface area contributed by atoms with Gasteiger partial charge in [0.15, 0.2) is 0 Å². The van der Waals surface area contributed by atoms with Crippen LogP contribution in [-0.2, 0) is 18.0 Å². The third kappa shape index (κ3) is 3.76. The molecule has 3 nitrogen and oxygen atoms in total. The molecule has 0 aliphatic heterocycles. The van der Waals surface area contributed by atoms with Gasteiger partial charge in [-0.05, 0) is 33.6 Å². The lowest BCUT2D eigenvalue weighted by Crippen LogP contribution is -2.01. The third-order valence-electron chi connectivity index (χ3n) is 3.99. The minimum Gasteiger partial charge on any atom is -0.496 e. The lowest BCUT2D eigenvalue weighted by molar-refractivity contribution is 0.105. The molecule has 3 rings (SSSR count). The van der Waals surface area contributed by atoms with E-state index in [0.717, 1.165) is 37.9 Å². The molecule has 0 amide bonds. The van der Waals surface area contributed by atoms with E-state index in [1.165, 1.54) is 0 Å². The zero-order valence-electron chi connectivity index (χ0n) is 14.0. The molecule has 0 atom stereocenters. The van der Waals surface area contributed by atoms with E-state index in [4.69, 9.17) is 25.8 Å². The summed E-state index contributed by atoms with van der Waals surface area (Å²) in [5.74, 6) is 1.57. The first-order valence-corrected chi connectivity index (χ1v) is 8.96. The second kappa shape index (κ2) is 8.09. The van der Waals surface area contributed by atoms with E-state index in [2.05, 4.69) is 15.9 Å². The highest BCUT2D eigenvalue weighted by atomic mass is 79.9. The summed E-state index contributed by atoms with van der Waals surface area (Å²) in [5, 5.41) is 2.71. The molecule has 25 heavy (non-hydrogen) atoms. The molecule has 130 valence electrons. The zero-order chi connectivity index (χ0) is 17.8. The summed E-state index contributed by atoms with van der Waals surface area (Å²) in [7, 11) is 3.33. The van der Waals surface area contributed by atoms with Crippen LogP contribution in [0, 0.1) is 0 Å². The van der Waals surface area contributed by atoms with Gasteiger partial charge in [0.2, 0.25) is 0 Å². The maximum Gasteiger partial charge on any atom is 0.141 e. The third-order valence-corrected chi connectivity index (χ3v) is 5.08. The van der Waals surface area contributed by atoms with Crippen molar-refractivity contribution in [1.82, 2.24) is 0 Å². The van der Waals surface area contributed by atoms with Crippen LogP contribution in [0.3, 0.4) is 0 Å². The highest BCUT2D eigenvalue weighted by molar-refractivity contribution is 9.10. The first-order valence-electron chi connectivity index (χ1n) is 7.79. The molecule has 0 heterocycles. The van der Waals surface area contributed by atoms with Crippen LogP contribution >= 0.6 is 27.5 Å². The molecule has 0 aliphatic carbocycles. The molecule has 0 N–H and O–H groups in total. The Morgan fingerprint density at radius 2 is 1.44 bits per heavy atom.